The highest BCUT2D eigenvalue weighted by molar-refractivity contribution is 8.09. The van der Waals surface area contributed by atoms with Gasteiger partial charge in [0.15, 0.2) is 0 Å². The number of sulfone groups is 1. The van der Waals surface area contributed by atoms with Crippen LogP contribution in [0.3, 0.4) is 0 Å². The number of allylic oxidation sites excluding steroid dienone is 4. The lowest BCUT2D eigenvalue weighted by molar-refractivity contribution is 0.553. The summed E-state index contributed by atoms with van der Waals surface area (Å²) >= 11 is 0. The van der Waals surface area contributed by atoms with Gasteiger partial charge < -0.3 is 4.42 Å². The number of hydrogen-bond donors (Lipinski definition) is 0. The average Bonchev–Trinajstić information content (AvgIpc) is 3.11. The molecule has 1 aromatic carbocycles. The van der Waals surface area contributed by atoms with Gasteiger partial charge in [-0.15, -0.1) is 0 Å². The molecule has 0 N–H and O–H groups in total. The van der Waals surface area contributed by atoms with Crippen LogP contribution in [0.5, 0.6) is 0 Å². The van der Waals surface area contributed by atoms with Crippen LogP contribution in [0.25, 0.3) is 14.7 Å². The molecule has 116 valence electrons. The Kier molecular flexibility index (Phi) is 3.91. The van der Waals surface area contributed by atoms with E-state index in [2.05, 4.69) is 4.85 Å². The van der Waals surface area contributed by atoms with Gasteiger partial charge in [0.05, 0.1) is 23.8 Å². The first-order valence-corrected chi connectivity index (χ1v) is 8.36. The largest absolute Gasteiger partial charge is 0.464 e. The summed E-state index contributed by atoms with van der Waals surface area (Å²) in [7, 11) is -3.84. The first-order valence-electron chi connectivity index (χ1n) is 6.87. The number of furan rings is 1. The maximum absolute atomic E-state index is 13.0. The van der Waals surface area contributed by atoms with E-state index in [4.69, 9.17) is 16.3 Å². The molecule has 0 fully saturated rings. The molecule has 1 aliphatic rings. The SMILES string of the molecule is [C-]#[N+]/C(C#N)=C1/C=C(c2ccccc2)S(=O)(=O)C(c2ccco2)=C1. The molecule has 1 aromatic heterocycles. The molecule has 1 aliphatic heterocycles. The fraction of sp³-hybridized carbons (Fsp3) is 0. The summed E-state index contributed by atoms with van der Waals surface area (Å²) < 4.78 is 31.2. The highest BCUT2D eigenvalue weighted by Crippen LogP contribution is 2.39. The predicted octanol–water partition coefficient (Wildman–Crippen LogP) is 3.79. The molecule has 0 bridgehead atoms. The van der Waals surface area contributed by atoms with Crippen LogP contribution in [0.4, 0.5) is 0 Å². The lowest BCUT2D eigenvalue weighted by atomic mass is 10.1. The first-order chi connectivity index (χ1) is 11.6. The molecule has 0 aliphatic carbocycles. The molecule has 0 amide bonds. The van der Waals surface area contributed by atoms with E-state index in [-0.39, 0.29) is 26.8 Å². The first kappa shape index (κ1) is 15.5. The summed E-state index contributed by atoms with van der Waals surface area (Å²) in [5, 5.41) is 9.13. The van der Waals surface area contributed by atoms with E-state index < -0.39 is 9.84 Å². The summed E-state index contributed by atoms with van der Waals surface area (Å²) in [6.07, 6.45) is 4.03. The normalized spacial score (nSPS) is 17.9. The molecule has 3 rings (SSSR count). The van der Waals surface area contributed by atoms with Crippen LogP contribution in [0.15, 0.2) is 76.6 Å². The standard InChI is InChI=1S/C18H10N2O3S/c1-20-15(12-19)14-10-17(13-6-3-2-4-7-13)24(21,22)18(11-14)16-8-5-9-23-16/h2-11H/b15-14-. The summed E-state index contributed by atoms with van der Waals surface area (Å²) in [6.45, 7) is 7.12. The average molecular weight is 334 g/mol. The second kappa shape index (κ2) is 6.04. The van der Waals surface area contributed by atoms with E-state index in [1.165, 1.54) is 24.5 Å². The molecule has 0 saturated heterocycles. The van der Waals surface area contributed by atoms with Gasteiger partial charge in [-0.2, -0.15) is 0 Å². The lowest BCUT2D eigenvalue weighted by Crippen LogP contribution is -2.10. The molecule has 2 aromatic rings. The van der Waals surface area contributed by atoms with Crippen molar-refractivity contribution in [3.63, 3.8) is 0 Å². The minimum absolute atomic E-state index is 0.0309. The summed E-state index contributed by atoms with van der Waals surface area (Å²) in [5.41, 5.74) is 0.546. The zero-order chi connectivity index (χ0) is 17.2. The summed E-state index contributed by atoms with van der Waals surface area (Å²) in [6, 6.07) is 13.5. The maximum atomic E-state index is 13.0. The monoisotopic (exact) mass is 334 g/mol. The Balaban J connectivity index is 2.33. The molecule has 5 nitrogen and oxygen atoms in total. The van der Waals surface area contributed by atoms with Gasteiger partial charge in [-0.05, 0) is 35.4 Å². The van der Waals surface area contributed by atoms with Crippen molar-refractivity contribution in [2.45, 2.75) is 0 Å². The molecule has 2 heterocycles. The Morgan fingerprint density at radius 3 is 2.38 bits per heavy atom. The number of rotatable bonds is 2. The highest BCUT2D eigenvalue weighted by atomic mass is 32.2. The van der Waals surface area contributed by atoms with Crippen molar-refractivity contribution in [2.75, 3.05) is 0 Å². The highest BCUT2D eigenvalue weighted by Gasteiger charge is 2.31. The van der Waals surface area contributed by atoms with E-state index in [1.807, 2.05) is 0 Å². The van der Waals surface area contributed by atoms with Crippen molar-refractivity contribution < 1.29 is 12.8 Å². The molecule has 24 heavy (non-hydrogen) atoms. The Labute approximate surface area is 139 Å². The van der Waals surface area contributed by atoms with Crippen LogP contribution < -0.4 is 0 Å². The predicted molar refractivity (Wildman–Crippen MR) is 89.3 cm³/mol. The Bertz CT molecular complexity index is 1040. The van der Waals surface area contributed by atoms with Crippen LogP contribution in [-0.4, -0.2) is 8.42 Å². The van der Waals surface area contributed by atoms with Crippen molar-refractivity contribution in [3.8, 4) is 6.07 Å². The minimum Gasteiger partial charge on any atom is -0.464 e. The van der Waals surface area contributed by atoms with Crippen molar-refractivity contribution >= 4 is 19.6 Å². The number of hydrogen-bond acceptors (Lipinski definition) is 4. The van der Waals surface area contributed by atoms with Crippen LogP contribution in [0, 0.1) is 17.9 Å². The van der Waals surface area contributed by atoms with Crippen molar-refractivity contribution in [1.82, 2.24) is 0 Å². The van der Waals surface area contributed by atoms with E-state index >= 15 is 0 Å². The molecule has 0 unspecified atom stereocenters. The van der Waals surface area contributed by atoms with Gasteiger partial charge in [0.25, 0.3) is 5.70 Å². The molecular weight excluding hydrogens is 324 g/mol. The smallest absolute Gasteiger partial charge is 0.269 e. The summed E-state index contributed by atoms with van der Waals surface area (Å²) in [5.74, 6) is 0.163. The fourth-order valence-corrected chi connectivity index (χ4v) is 3.98. The third-order valence-corrected chi connectivity index (χ3v) is 5.30. The van der Waals surface area contributed by atoms with Gasteiger partial charge in [0.2, 0.25) is 9.84 Å². The van der Waals surface area contributed by atoms with Crippen LogP contribution in [0.1, 0.15) is 11.3 Å². The van der Waals surface area contributed by atoms with Crippen molar-refractivity contribution in [3.05, 3.63) is 94.9 Å². The third kappa shape index (κ3) is 2.56. The molecule has 6 heteroatoms. The van der Waals surface area contributed by atoms with Gasteiger partial charge in [0.1, 0.15) is 10.7 Å². The minimum atomic E-state index is -3.84. The van der Waals surface area contributed by atoms with Crippen molar-refractivity contribution in [2.24, 2.45) is 0 Å². The second-order valence-electron chi connectivity index (χ2n) is 4.89. The molecule has 0 atom stereocenters. The zero-order valence-corrected chi connectivity index (χ0v) is 13.1. The molecule has 0 radical (unpaired) electrons. The van der Waals surface area contributed by atoms with E-state index in [0.717, 1.165) is 0 Å². The van der Waals surface area contributed by atoms with E-state index in [1.54, 1.807) is 42.5 Å². The van der Waals surface area contributed by atoms with E-state index in [0.29, 0.717) is 5.56 Å². The lowest BCUT2D eigenvalue weighted by Gasteiger charge is -2.17. The second-order valence-corrected chi connectivity index (χ2v) is 6.78. The van der Waals surface area contributed by atoms with Crippen LogP contribution in [-0.2, 0) is 9.84 Å². The van der Waals surface area contributed by atoms with Gasteiger partial charge >= 0.3 is 0 Å². The Morgan fingerprint density at radius 2 is 1.79 bits per heavy atom. The number of nitriles is 1. The quantitative estimate of drug-likeness (QED) is 0.618. The van der Waals surface area contributed by atoms with E-state index in [9.17, 15) is 8.42 Å². The van der Waals surface area contributed by atoms with Crippen LogP contribution in [0.2, 0.25) is 0 Å². The van der Waals surface area contributed by atoms with Crippen LogP contribution >= 0.6 is 0 Å². The molecule has 0 spiro atoms. The third-order valence-electron chi connectivity index (χ3n) is 3.47. The zero-order valence-electron chi connectivity index (χ0n) is 12.3. The number of benzene rings is 1. The summed E-state index contributed by atoms with van der Waals surface area (Å²) in [4.78, 5) is 3.14. The maximum Gasteiger partial charge on any atom is 0.269 e. The molecule has 0 saturated carbocycles. The topological polar surface area (TPSA) is 75.4 Å². The van der Waals surface area contributed by atoms with Gasteiger partial charge in [-0.1, -0.05) is 30.3 Å². The molecular formula is C18H10N2O3S. The van der Waals surface area contributed by atoms with Gasteiger partial charge in [-0.25, -0.2) is 18.5 Å². The Morgan fingerprint density at radius 1 is 1.08 bits per heavy atom. The van der Waals surface area contributed by atoms with Crippen molar-refractivity contribution in [1.29, 1.82) is 5.26 Å². The fourth-order valence-electron chi connectivity index (χ4n) is 2.35. The number of nitrogens with zero attached hydrogens (tertiary/aromatic N) is 2. The van der Waals surface area contributed by atoms with Gasteiger partial charge in [0, 0.05) is 0 Å². The van der Waals surface area contributed by atoms with Gasteiger partial charge in [-0.3, -0.25) is 0 Å². The Hall–Kier alpha value is -3.35.